The molecule has 0 saturated heterocycles. The molecule has 0 aliphatic carbocycles. The molecule has 1 heterocycles. The fourth-order valence-electron chi connectivity index (χ4n) is 2.63. The molecular formula is C21H29N3O3S. The number of amides is 2. The highest BCUT2D eigenvalue weighted by molar-refractivity contribution is 7.13. The molecule has 28 heavy (non-hydrogen) atoms. The standard InChI is InChI=1S/C21H29N3O3S/c1-3-5-7-13-24(16-19(25)23-21-22-12-15-28-21)20(26)17-8-10-18(11-9-17)27-14-6-4-2/h8-12,15H,3-7,13-14,16H2,1-2H3,(H,22,23,25). The second-order valence-electron chi connectivity index (χ2n) is 6.55. The smallest absolute Gasteiger partial charge is 0.254 e. The molecule has 0 radical (unpaired) electrons. The molecule has 1 aromatic carbocycles. The Labute approximate surface area is 170 Å². The van der Waals surface area contributed by atoms with Crippen LogP contribution in [0.3, 0.4) is 0 Å². The van der Waals surface area contributed by atoms with Gasteiger partial charge in [-0.05, 0) is 37.1 Å². The van der Waals surface area contributed by atoms with Gasteiger partial charge in [0.15, 0.2) is 5.13 Å². The second-order valence-corrected chi connectivity index (χ2v) is 7.44. The molecule has 1 aromatic heterocycles. The zero-order chi connectivity index (χ0) is 20.2. The largest absolute Gasteiger partial charge is 0.494 e. The van der Waals surface area contributed by atoms with Crippen LogP contribution in [0.15, 0.2) is 35.8 Å². The lowest BCUT2D eigenvalue weighted by atomic mass is 10.1. The van der Waals surface area contributed by atoms with Gasteiger partial charge in [0.2, 0.25) is 5.91 Å². The molecule has 152 valence electrons. The van der Waals surface area contributed by atoms with Crippen LogP contribution in [-0.4, -0.2) is 41.4 Å². The highest BCUT2D eigenvalue weighted by atomic mass is 32.1. The van der Waals surface area contributed by atoms with Gasteiger partial charge in [0, 0.05) is 23.7 Å². The third kappa shape index (κ3) is 7.31. The van der Waals surface area contributed by atoms with Crippen molar-refractivity contribution in [3.63, 3.8) is 0 Å². The molecule has 2 aromatic rings. The van der Waals surface area contributed by atoms with E-state index in [2.05, 4.69) is 24.1 Å². The first kappa shape index (κ1) is 21.9. The molecule has 1 N–H and O–H groups in total. The first-order valence-corrected chi connectivity index (χ1v) is 10.7. The summed E-state index contributed by atoms with van der Waals surface area (Å²) < 4.78 is 5.65. The monoisotopic (exact) mass is 403 g/mol. The van der Waals surface area contributed by atoms with E-state index in [-0.39, 0.29) is 18.4 Å². The third-order valence-electron chi connectivity index (χ3n) is 4.20. The Morgan fingerprint density at radius 1 is 1.11 bits per heavy atom. The quantitative estimate of drug-likeness (QED) is 0.526. The summed E-state index contributed by atoms with van der Waals surface area (Å²) in [5, 5.41) is 5.08. The van der Waals surface area contributed by atoms with Crippen LogP contribution in [0, 0.1) is 0 Å². The maximum atomic E-state index is 12.9. The molecular weight excluding hydrogens is 374 g/mol. The lowest BCUT2D eigenvalue weighted by Crippen LogP contribution is -2.38. The number of thiazole rings is 1. The van der Waals surface area contributed by atoms with Crippen LogP contribution in [0.4, 0.5) is 5.13 Å². The van der Waals surface area contributed by atoms with Gasteiger partial charge in [-0.2, -0.15) is 0 Å². The van der Waals surface area contributed by atoms with Crippen molar-refractivity contribution in [2.75, 3.05) is 25.0 Å². The summed E-state index contributed by atoms with van der Waals surface area (Å²) in [6.45, 7) is 5.45. The average Bonchev–Trinajstić information content (AvgIpc) is 3.20. The topological polar surface area (TPSA) is 71.5 Å². The first-order valence-electron chi connectivity index (χ1n) is 9.85. The maximum absolute atomic E-state index is 12.9. The molecule has 2 amide bonds. The Hall–Kier alpha value is -2.41. The first-order chi connectivity index (χ1) is 13.6. The van der Waals surface area contributed by atoms with Crippen molar-refractivity contribution in [2.45, 2.75) is 46.0 Å². The number of benzene rings is 1. The van der Waals surface area contributed by atoms with Crippen molar-refractivity contribution in [3.05, 3.63) is 41.4 Å². The minimum Gasteiger partial charge on any atom is -0.494 e. The van der Waals surface area contributed by atoms with Crippen molar-refractivity contribution >= 4 is 28.3 Å². The predicted octanol–water partition coefficient (Wildman–Crippen LogP) is 4.59. The molecule has 0 fully saturated rings. The molecule has 7 heteroatoms. The van der Waals surface area contributed by atoms with Crippen LogP contribution in [0.5, 0.6) is 5.75 Å². The fourth-order valence-corrected chi connectivity index (χ4v) is 3.18. The van der Waals surface area contributed by atoms with E-state index >= 15 is 0 Å². The Balaban J connectivity index is 1.99. The van der Waals surface area contributed by atoms with E-state index < -0.39 is 0 Å². The highest BCUT2D eigenvalue weighted by Gasteiger charge is 2.19. The van der Waals surface area contributed by atoms with Gasteiger partial charge in [0.1, 0.15) is 12.3 Å². The number of rotatable bonds is 12. The zero-order valence-corrected chi connectivity index (χ0v) is 17.5. The number of nitrogens with one attached hydrogen (secondary N) is 1. The van der Waals surface area contributed by atoms with Gasteiger partial charge in [-0.1, -0.05) is 33.1 Å². The summed E-state index contributed by atoms with van der Waals surface area (Å²) in [6.07, 6.45) is 6.64. The van der Waals surface area contributed by atoms with Gasteiger partial charge in [0.05, 0.1) is 6.61 Å². The number of carbonyl (C=O) groups excluding carboxylic acids is 2. The molecule has 0 unspecified atom stereocenters. The summed E-state index contributed by atoms with van der Waals surface area (Å²) in [6, 6.07) is 7.13. The predicted molar refractivity (Wildman–Crippen MR) is 113 cm³/mol. The normalized spacial score (nSPS) is 10.5. The second kappa shape index (κ2) is 12.1. The van der Waals surface area contributed by atoms with E-state index in [0.29, 0.717) is 23.8 Å². The number of hydrogen-bond donors (Lipinski definition) is 1. The molecule has 6 nitrogen and oxygen atoms in total. The third-order valence-corrected chi connectivity index (χ3v) is 4.89. The molecule has 0 bridgehead atoms. The van der Waals surface area contributed by atoms with E-state index in [1.165, 1.54) is 11.3 Å². The van der Waals surface area contributed by atoms with Crippen LogP contribution in [0.1, 0.15) is 56.3 Å². The van der Waals surface area contributed by atoms with Crippen molar-refractivity contribution in [3.8, 4) is 5.75 Å². The van der Waals surface area contributed by atoms with Crippen LogP contribution in [0.25, 0.3) is 0 Å². The van der Waals surface area contributed by atoms with Gasteiger partial charge in [-0.3, -0.25) is 9.59 Å². The van der Waals surface area contributed by atoms with Gasteiger partial charge >= 0.3 is 0 Å². The lowest BCUT2D eigenvalue weighted by Gasteiger charge is -2.22. The van der Waals surface area contributed by atoms with Crippen molar-refractivity contribution < 1.29 is 14.3 Å². The van der Waals surface area contributed by atoms with Crippen LogP contribution in [0.2, 0.25) is 0 Å². The van der Waals surface area contributed by atoms with Gasteiger partial charge < -0.3 is 15.0 Å². The summed E-state index contributed by atoms with van der Waals surface area (Å²) in [7, 11) is 0. The Kier molecular flexibility index (Phi) is 9.48. The minimum absolute atomic E-state index is 0.0108. The fraction of sp³-hybridized carbons (Fsp3) is 0.476. The number of ether oxygens (including phenoxy) is 1. The summed E-state index contributed by atoms with van der Waals surface area (Å²) in [4.78, 5) is 30.9. The van der Waals surface area contributed by atoms with Crippen LogP contribution < -0.4 is 10.1 Å². The van der Waals surface area contributed by atoms with Crippen LogP contribution >= 0.6 is 11.3 Å². The van der Waals surface area contributed by atoms with Crippen LogP contribution in [-0.2, 0) is 4.79 Å². The van der Waals surface area contributed by atoms with Gasteiger partial charge in [-0.25, -0.2) is 4.98 Å². The molecule has 0 spiro atoms. The van der Waals surface area contributed by atoms with Crippen molar-refractivity contribution in [1.29, 1.82) is 0 Å². The van der Waals surface area contributed by atoms with E-state index in [4.69, 9.17) is 4.74 Å². The van der Waals surface area contributed by atoms with Crippen molar-refractivity contribution in [1.82, 2.24) is 9.88 Å². The summed E-state index contributed by atoms with van der Waals surface area (Å²) in [5.74, 6) is 0.369. The molecule has 0 atom stereocenters. The average molecular weight is 404 g/mol. The maximum Gasteiger partial charge on any atom is 0.254 e. The summed E-state index contributed by atoms with van der Waals surface area (Å²) >= 11 is 1.35. The van der Waals surface area contributed by atoms with E-state index in [1.807, 2.05) is 12.1 Å². The highest BCUT2D eigenvalue weighted by Crippen LogP contribution is 2.15. The SMILES string of the molecule is CCCCCN(CC(=O)Nc1nccs1)C(=O)c1ccc(OCCCC)cc1. The number of anilines is 1. The number of aromatic nitrogens is 1. The molecule has 2 rings (SSSR count). The number of hydrogen-bond acceptors (Lipinski definition) is 5. The zero-order valence-electron chi connectivity index (χ0n) is 16.6. The van der Waals surface area contributed by atoms with Gasteiger partial charge in [-0.15, -0.1) is 11.3 Å². The van der Waals surface area contributed by atoms with E-state index in [1.54, 1.807) is 28.6 Å². The molecule has 0 saturated carbocycles. The Morgan fingerprint density at radius 2 is 1.86 bits per heavy atom. The van der Waals surface area contributed by atoms with Gasteiger partial charge in [0.25, 0.3) is 5.91 Å². The molecule has 0 aliphatic heterocycles. The van der Waals surface area contributed by atoms with E-state index in [0.717, 1.165) is 37.9 Å². The number of unbranched alkanes of at least 4 members (excludes halogenated alkanes) is 3. The number of carbonyl (C=O) groups is 2. The molecule has 0 aliphatic rings. The Bertz CT molecular complexity index is 717. The minimum atomic E-state index is -0.237. The Morgan fingerprint density at radius 3 is 2.50 bits per heavy atom. The van der Waals surface area contributed by atoms with Crippen molar-refractivity contribution in [2.24, 2.45) is 0 Å². The lowest BCUT2D eigenvalue weighted by molar-refractivity contribution is -0.116. The summed E-state index contributed by atoms with van der Waals surface area (Å²) in [5.41, 5.74) is 0.557. The number of nitrogens with zero attached hydrogens (tertiary/aromatic N) is 2. The van der Waals surface area contributed by atoms with E-state index in [9.17, 15) is 9.59 Å².